The molecule has 1 heterocycles. The summed E-state index contributed by atoms with van der Waals surface area (Å²) >= 11 is 0. The first kappa shape index (κ1) is 11.8. The monoisotopic (exact) mass is 233 g/mol. The Labute approximate surface area is 101 Å². The van der Waals surface area contributed by atoms with Gasteiger partial charge in [0.1, 0.15) is 5.69 Å². The van der Waals surface area contributed by atoms with Crippen LogP contribution in [0.15, 0.2) is 29.4 Å². The molecule has 0 radical (unpaired) electrons. The molecular weight excluding hydrogens is 216 g/mol. The van der Waals surface area contributed by atoms with Gasteiger partial charge in [0.25, 0.3) is 0 Å². The summed E-state index contributed by atoms with van der Waals surface area (Å²) < 4.78 is 2.01. The van der Waals surface area contributed by atoms with E-state index < -0.39 is 5.97 Å². The number of azo groups is 2. The number of benzene rings is 1. The van der Waals surface area contributed by atoms with Crippen LogP contribution in [0.2, 0.25) is 0 Å². The lowest BCUT2D eigenvalue weighted by Gasteiger charge is -2.10. The molecule has 0 saturated heterocycles. The van der Waals surface area contributed by atoms with Crippen molar-refractivity contribution in [3.05, 3.63) is 29.8 Å². The highest BCUT2D eigenvalue weighted by atomic mass is 16.4. The maximum atomic E-state index is 10.7. The molecule has 1 aromatic rings. The van der Waals surface area contributed by atoms with Crippen LogP contribution in [0.5, 0.6) is 0 Å². The smallest absolute Gasteiger partial charge is 0.303 e. The van der Waals surface area contributed by atoms with Crippen LogP contribution in [0, 0.1) is 0 Å². The molecule has 0 fully saturated rings. The number of aliphatic carboxylic acids is 1. The second kappa shape index (κ2) is 4.65. The molecule has 90 valence electrons. The maximum absolute atomic E-state index is 10.7. The Balaban J connectivity index is 2.27. The van der Waals surface area contributed by atoms with Gasteiger partial charge in [0.2, 0.25) is 6.04 Å². The van der Waals surface area contributed by atoms with Crippen LogP contribution in [0.25, 0.3) is 0 Å². The third-order valence-corrected chi connectivity index (χ3v) is 3.00. The number of hydrogen-bond acceptors (Lipinski definition) is 2. The van der Waals surface area contributed by atoms with E-state index in [0.29, 0.717) is 6.42 Å². The zero-order valence-corrected chi connectivity index (χ0v) is 10.1. The lowest BCUT2D eigenvalue weighted by molar-refractivity contribution is -0.651. The van der Waals surface area contributed by atoms with Crippen LogP contribution in [-0.4, -0.2) is 21.8 Å². The lowest BCUT2D eigenvalue weighted by atomic mass is 10.0. The first-order valence-electron chi connectivity index (χ1n) is 5.90. The molecule has 1 aliphatic heterocycles. The van der Waals surface area contributed by atoms with Crippen LogP contribution < -0.4 is 0 Å². The van der Waals surface area contributed by atoms with Crippen molar-refractivity contribution in [3.8, 4) is 0 Å². The van der Waals surface area contributed by atoms with E-state index in [0.717, 1.165) is 11.3 Å². The summed E-state index contributed by atoms with van der Waals surface area (Å²) in [6, 6.07) is 8.33. The fourth-order valence-corrected chi connectivity index (χ4v) is 2.22. The molecule has 0 bridgehead atoms. The summed E-state index contributed by atoms with van der Waals surface area (Å²) in [5.74, 6) is -0.752. The van der Waals surface area contributed by atoms with Gasteiger partial charge in [-0.2, -0.15) is 0 Å². The second-order valence-electron chi connectivity index (χ2n) is 4.58. The molecule has 2 rings (SSSR count). The Morgan fingerprint density at radius 1 is 1.47 bits per heavy atom. The predicted octanol–water partition coefficient (Wildman–Crippen LogP) is 3.11. The molecule has 1 aliphatic rings. The maximum Gasteiger partial charge on any atom is 0.303 e. The number of carboxylic acid groups (broad SMARTS) is 1. The first-order chi connectivity index (χ1) is 8.09. The van der Waals surface area contributed by atoms with Gasteiger partial charge in [0, 0.05) is 6.42 Å². The standard InChI is InChI=1S/C13H16N2O2/c1-9(2)15-12(7-8-13(16)17)10-5-3-4-6-11(10)14-15/h3-6,9,12H,7-8H2,1-2H3/p+1. The lowest BCUT2D eigenvalue weighted by Crippen LogP contribution is -2.21. The van der Waals surface area contributed by atoms with Crippen molar-refractivity contribution >= 4 is 11.7 Å². The summed E-state index contributed by atoms with van der Waals surface area (Å²) in [7, 11) is 0. The van der Waals surface area contributed by atoms with Gasteiger partial charge in [-0.05, 0) is 31.1 Å². The number of fused-ring (bicyclic) bond motifs is 1. The summed E-state index contributed by atoms with van der Waals surface area (Å²) in [6.07, 6.45) is 0.783. The molecule has 0 aliphatic carbocycles. The van der Waals surface area contributed by atoms with Gasteiger partial charge < -0.3 is 5.11 Å². The zero-order chi connectivity index (χ0) is 12.4. The van der Waals surface area contributed by atoms with E-state index in [1.165, 1.54) is 0 Å². The second-order valence-corrected chi connectivity index (χ2v) is 4.58. The highest BCUT2D eigenvalue weighted by Crippen LogP contribution is 2.38. The van der Waals surface area contributed by atoms with Gasteiger partial charge in [-0.1, -0.05) is 12.1 Å². The summed E-state index contributed by atoms with van der Waals surface area (Å²) in [5, 5.41) is 13.3. The van der Waals surface area contributed by atoms with E-state index in [4.69, 9.17) is 5.11 Å². The fourth-order valence-electron chi connectivity index (χ4n) is 2.22. The molecular formula is C13H17N2O2+. The van der Waals surface area contributed by atoms with Gasteiger partial charge in [-0.3, -0.25) is 4.79 Å². The molecule has 1 unspecified atom stereocenters. The van der Waals surface area contributed by atoms with Crippen molar-refractivity contribution < 1.29 is 14.6 Å². The molecule has 0 amide bonds. The fraction of sp³-hybridized carbons (Fsp3) is 0.462. The van der Waals surface area contributed by atoms with Crippen molar-refractivity contribution in [2.24, 2.45) is 5.11 Å². The number of rotatable bonds is 4. The summed E-state index contributed by atoms with van der Waals surface area (Å²) in [6.45, 7) is 4.15. The Morgan fingerprint density at radius 3 is 2.82 bits per heavy atom. The van der Waals surface area contributed by atoms with E-state index >= 15 is 0 Å². The normalized spacial score (nSPS) is 18.1. The van der Waals surface area contributed by atoms with Crippen molar-refractivity contribution in [1.29, 1.82) is 0 Å². The Kier molecular flexibility index (Phi) is 3.22. The molecule has 1 atom stereocenters. The molecule has 4 nitrogen and oxygen atoms in total. The van der Waals surface area contributed by atoms with Crippen molar-refractivity contribution in [3.63, 3.8) is 0 Å². The molecule has 0 spiro atoms. The predicted molar refractivity (Wildman–Crippen MR) is 63.5 cm³/mol. The largest absolute Gasteiger partial charge is 0.481 e. The van der Waals surface area contributed by atoms with Crippen LogP contribution in [0.4, 0.5) is 5.69 Å². The Hall–Kier alpha value is -1.71. The highest BCUT2D eigenvalue weighted by Gasteiger charge is 2.35. The Morgan fingerprint density at radius 2 is 2.18 bits per heavy atom. The van der Waals surface area contributed by atoms with Gasteiger partial charge in [0.15, 0.2) is 6.04 Å². The molecule has 4 heteroatoms. The minimum Gasteiger partial charge on any atom is -0.481 e. The van der Waals surface area contributed by atoms with Gasteiger partial charge in [-0.25, -0.2) is 0 Å². The SMILES string of the molecule is CC(C)[N+]1=Nc2ccccc2C1CCC(=O)O. The topological polar surface area (TPSA) is 52.7 Å². The van der Waals surface area contributed by atoms with E-state index in [2.05, 4.69) is 19.0 Å². The quantitative estimate of drug-likeness (QED) is 0.812. The van der Waals surface area contributed by atoms with Crippen molar-refractivity contribution in [2.45, 2.75) is 38.8 Å². The van der Waals surface area contributed by atoms with E-state index in [1.54, 1.807) is 0 Å². The zero-order valence-electron chi connectivity index (χ0n) is 10.1. The minimum atomic E-state index is -0.752. The van der Waals surface area contributed by atoms with Crippen LogP contribution in [-0.2, 0) is 4.79 Å². The Bertz CT molecular complexity index is 466. The minimum absolute atomic E-state index is 0.0994. The van der Waals surface area contributed by atoms with E-state index in [-0.39, 0.29) is 18.5 Å². The molecule has 1 N–H and O–H groups in total. The van der Waals surface area contributed by atoms with Crippen LogP contribution in [0.1, 0.15) is 38.3 Å². The van der Waals surface area contributed by atoms with Crippen molar-refractivity contribution in [1.82, 2.24) is 0 Å². The summed E-state index contributed by atoms with van der Waals surface area (Å²) in [5.41, 5.74) is 2.11. The third-order valence-electron chi connectivity index (χ3n) is 3.00. The number of hydrogen-bond donors (Lipinski definition) is 1. The first-order valence-corrected chi connectivity index (χ1v) is 5.90. The number of carbonyl (C=O) groups is 1. The van der Waals surface area contributed by atoms with Crippen LogP contribution >= 0.6 is 0 Å². The average Bonchev–Trinajstić information content (AvgIpc) is 2.65. The summed E-state index contributed by atoms with van der Waals surface area (Å²) in [4.78, 5) is 10.7. The number of carboxylic acids is 1. The molecule has 0 saturated carbocycles. The van der Waals surface area contributed by atoms with Crippen molar-refractivity contribution in [2.75, 3.05) is 0 Å². The molecule has 0 aromatic heterocycles. The van der Waals surface area contributed by atoms with E-state index in [9.17, 15) is 4.79 Å². The number of nitrogens with zero attached hydrogens (tertiary/aromatic N) is 2. The molecule has 17 heavy (non-hydrogen) atoms. The van der Waals surface area contributed by atoms with Crippen LogP contribution in [0.3, 0.4) is 0 Å². The van der Waals surface area contributed by atoms with Gasteiger partial charge >= 0.3 is 5.97 Å². The highest BCUT2D eigenvalue weighted by molar-refractivity contribution is 5.66. The van der Waals surface area contributed by atoms with Gasteiger partial charge in [0.05, 0.1) is 12.0 Å². The van der Waals surface area contributed by atoms with Gasteiger partial charge in [-0.15, -0.1) is 4.70 Å². The van der Waals surface area contributed by atoms with E-state index in [1.807, 2.05) is 29.0 Å². The third kappa shape index (κ3) is 2.35. The molecule has 1 aromatic carbocycles. The average molecular weight is 233 g/mol.